The highest BCUT2D eigenvalue weighted by atomic mass is 32.2. The molecule has 25 heteroatoms. The number of nitrogens with one attached hydrogen (secondary N) is 4. The Morgan fingerprint density at radius 3 is 2.08 bits per heavy atom. The fourth-order valence-corrected chi connectivity index (χ4v) is 13.8. The first-order valence-corrected chi connectivity index (χ1v) is 32.8. The van der Waals surface area contributed by atoms with Gasteiger partial charge in [-0.3, -0.25) is 73.4 Å². The lowest BCUT2D eigenvalue weighted by molar-refractivity contribution is -0.200. The molecule has 4 aliphatic rings. The van der Waals surface area contributed by atoms with E-state index in [-0.39, 0.29) is 115 Å². The molecule has 5 rings (SSSR count). The molecule has 3 saturated heterocycles. The maximum absolute atomic E-state index is 14.8. The van der Waals surface area contributed by atoms with Gasteiger partial charge in [-0.25, -0.2) is 5.06 Å². The van der Waals surface area contributed by atoms with E-state index >= 15 is 0 Å². The first-order chi connectivity index (χ1) is 41.8. The highest BCUT2D eigenvalue weighted by Crippen LogP contribution is 2.53. The highest BCUT2D eigenvalue weighted by molar-refractivity contribution is 8.00. The van der Waals surface area contributed by atoms with E-state index in [2.05, 4.69) is 21.5 Å². The maximum atomic E-state index is 14.8. The van der Waals surface area contributed by atoms with Crippen LogP contribution in [0.3, 0.4) is 0 Å². The number of hydroxylamine groups is 2. The van der Waals surface area contributed by atoms with E-state index in [1.54, 1.807) is 23.8 Å². The Morgan fingerprint density at radius 1 is 0.841 bits per heavy atom. The number of nitrogens with two attached hydrogens (primary N) is 1. The van der Waals surface area contributed by atoms with Crippen molar-refractivity contribution in [2.45, 2.75) is 210 Å². The van der Waals surface area contributed by atoms with Gasteiger partial charge in [0.05, 0.1) is 54.5 Å². The summed E-state index contributed by atoms with van der Waals surface area (Å²) in [5.74, 6) is -5.50. The van der Waals surface area contributed by atoms with E-state index in [0.717, 1.165) is 30.2 Å². The number of carbonyl (C=O) groups is 10. The molecule has 1 aromatic carbocycles. The summed E-state index contributed by atoms with van der Waals surface area (Å²) in [6, 6.07) is 6.06. The Labute approximate surface area is 524 Å². The highest BCUT2D eigenvalue weighted by Gasteiger charge is 2.64. The van der Waals surface area contributed by atoms with Crippen molar-refractivity contribution in [1.82, 2.24) is 46.1 Å². The van der Waals surface area contributed by atoms with Gasteiger partial charge >= 0.3 is 5.97 Å². The fourth-order valence-electron chi connectivity index (χ4n) is 12.6. The molecule has 9 unspecified atom stereocenters. The molecule has 3 heterocycles. The van der Waals surface area contributed by atoms with E-state index < -0.39 is 65.1 Å². The number of likely N-dealkylation sites (N-methyl/N-ethyl adjacent to an activating group) is 2. The number of benzene rings is 1. The molecule has 0 spiro atoms. The number of rotatable bonds is 36. The van der Waals surface area contributed by atoms with E-state index in [1.165, 1.54) is 24.2 Å². The Kier molecular flexibility index (Phi) is 29.1. The van der Waals surface area contributed by atoms with E-state index in [1.807, 2.05) is 83.8 Å². The standard InChI is InChI=1S/C63H102N10O14S/c1-12-41(6)55(47(85-10)35-51(76)71-32-24-27-46(71)56(86-11)42(7)57(78)66-63(62(84)73-33-22-23-34-87-73)37-44(63)43-25-16-13-17-26-43)70(9)60(81)53(39(2)3)65-58(79)54(40(4)5)69(8)30-20-14-18-28-49(74)67-68-50(75)29-19-15-21-31-72-52(77)36-48(59(72)80)88-38-45(64)61(82)83/h13,16-17,25-26,39-42,44-48,53-56H,12,14-15,18-24,27-38,64H2,1-11H3,(H,65,79)(H,66,78)(H,67,74)(H,68,75)(H,82,83)/t41?,42?,44-,45?,46+,47?,48?,53?,54?,55?,56?,63+/m1/s1. The fraction of sp³-hybridized carbons (Fsp3) is 0.746. The van der Waals surface area contributed by atoms with Crippen LogP contribution in [0.2, 0.25) is 0 Å². The number of unbranched alkanes of at least 4 members (excludes halogenated alkanes) is 4. The van der Waals surface area contributed by atoms with Crippen LogP contribution >= 0.6 is 11.8 Å². The van der Waals surface area contributed by atoms with Crippen LogP contribution in [-0.4, -0.2) is 209 Å². The van der Waals surface area contributed by atoms with Crippen LogP contribution < -0.4 is 27.2 Å². The van der Waals surface area contributed by atoms with E-state index in [9.17, 15) is 47.9 Å². The number of hydrogen-bond donors (Lipinski definition) is 6. The molecule has 7 N–H and O–H groups in total. The Hall–Kier alpha value is -5.73. The summed E-state index contributed by atoms with van der Waals surface area (Å²) < 4.78 is 12.2. The molecule has 0 radical (unpaired) electrons. The van der Waals surface area contributed by atoms with Crippen molar-refractivity contribution in [3.8, 4) is 0 Å². The summed E-state index contributed by atoms with van der Waals surface area (Å²) in [6.45, 7) is 15.5. The Balaban J connectivity index is 1.09. The number of methoxy groups -OCH3 is 2. The van der Waals surface area contributed by atoms with Crippen LogP contribution in [0, 0.1) is 23.7 Å². The number of carboxylic acids is 1. The summed E-state index contributed by atoms with van der Waals surface area (Å²) in [4.78, 5) is 146. The molecule has 9 amide bonds. The molecular weight excluding hydrogens is 1150 g/mol. The summed E-state index contributed by atoms with van der Waals surface area (Å²) >= 11 is 1.06. The summed E-state index contributed by atoms with van der Waals surface area (Å²) in [6.07, 6.45) is 6.26. The zero-order valence-electron chi connectivity index (χ0n) is 53.9. The second-order valence-corrected chi connectivity index (χ2v) is 26.4. The van der Waals surface area contributed by atoms with E-state index in [0.29, 0.717) is 90.4 Å². The third-order valence-corrected chi connectivity index (χ3v) is 19.3. The van der Waals surface area contributed by atoms with Crippen LogP contribution in [-0.2, 0) is 62.3 Å². The van der Waals surface area contributed by atoms with Gasteiger partial charge in [-0.1, -0.05) is 98.1 Å². The molecule has 494 valence electrons. The van der Waals surface area contributed by atoms with Crippen LogP contribution in [0.1, 0.15) is 163 Å². The number of carboxylic acid groups (broad SMARTS) is 1. The molecule has 24 nitrogen and oxygen atoms in total. The normalized spacial score (nSPS) is 22.2. The van der Waals surface area contributed by atoms with Crippen molar-refractivity contribution in [2.24, 2.45) is 29.4 Å². The van der Waals surface area contributed by atoms with Gasteiger partial charge in [0.1, 0.15) is 17.6 Å². The first kappa shape index (κ1) is 73.0. The quantitative estimate of drug-likeness (QED) is 0.0312. The second kappa shape index (κ2) is 35.0. The summed E-state index contributed by atoms with van der Waals surface area (Å²) in [5, 5.41) is 16.0. The molecule has 1 aliphatic carbocycles. The van der Waals surface area contributed by atoms with Gasteiger partial charge in [-0.15, -0.1) is 11.8 Å². The van der Waals surface area contributed by atoms with E-state index in [4.69, 9.17) is 25.2 Å². The number of hydrazine groups is 1. The summed E-state index contributed by atoms with van der Waals surface area (Å²) in [5.41, 5.74) is 10.2. The van der Waals surface area contributed by atoms with Gasteiger partial charge in [0.2, 0.25) is 47.3 Å². The minimum atomic E-state index is -1.18. The third-order valence-electron chi connectivity index (χ3n) is 18.0. The number of nitrogens with zero attached hydrogens (tertiary/aromatic N) is 5. The molecule has 88 heavy (non-hydrogen) atoms. The lowest BCUT2D eigenvalue weighted by Gasteiger charge is -2.41. The van der Waals surface area contributed by atoms with Gasteiger partial charge in [0, 0.05) is 71.8 Å². The van der Waals surface area contributed by atoms with Crippen LogP contribution in [0.25, 0.3) is 0 Å². The average molecular weight is 1260 g/mol. The number of carbonyl (C=O) groups excluding carboxylic acids is 9. The molecule has 3 aliphatic heterocycles. The second-order valence-electron chi connectivity index (χ2n) is 25.1. The van der Waals surface area contributed by atoms with Crippen molar-refractivity contribution < 1.29 is 67.4 Å². The number of thioether (sulfide) groups is 1. The van der Waals surface area contributed by atoms with Crippen molar-refractivity contribution in [2.75, 3.05) is 66.9 Å². The van der Waals surface area contributed by atoms with Crippen LogP contribution in [0.4, 0.5) is 0 Å². The predicted octanol–water partition coefficient (Wildman–Crippen LogP) is 4.14. The van der Waals surface area contributed by atoms with Crippen molar-refractivity contribution >= 4 is 70.9 Å². The molecule has 1 saturated carbocycles. The topological polar surface area (TPSA) is 309 Å². The monoisotopic (exact) mass is 1250 g/mol. The zero-order chi connectivity index (χ0) is 65.0. The lowest BCUT2D eigenvalue weighted by Crippen LogP contribution is -2.60. The number of ether oxygens (including phenoxy) is 2. The van der Waals surface area contributed by atoms with Crippen molar-refractivity contribution in [3.05, 3.63) is 35.9 Å². The first-order valence-electron chi connectivity index (χ1n) is 31.8. The van der Waals surface area contributed by atoms with Gasteiger partial charge in [-0.2, -0.15) is 0 Å². The number of likely N-dealkylation sites (tertiary alicyclic amines) is 2. The number of imide groups is 1. The third kappa shape index (κ3) is 19.6. The van der Waals surface area contributed by atoms with Gasteiger partial charge in [0.15, 0.2) is 0 Å². The molecule has 0 bridgehead atoms. The van der Waals surface area contributed by atoms with Crippen molar-refractivity contribution in [1.29, 1.82) is 0 Å². The number of aliphatic carboxylic acids is 1. The minimum Gasteiger partial charge on any atom is -0.480 e. The zero-order valence-corrected chi connectivity index (χ0v) is 54.7. The SMILES string of the molecule is CCC(C)C(C(CC(=O)N1CCC[C@H]1C(OC)C(C)C(=O)N[C@@]1(C(=O)N2CCCCO2)C[C@@H]1c1ccccc1)OC)N(C)C(=O)C(NC(=O)C(C(C)C)N(C)CCCCCC(=O)NNC(=O)CCCCCN1C(=O)CC(SCC(N)C(=O)O)C1=O)C(C)C. The van der Waals surface area contributed by atoms with Crippen molar-refractivity contribution in [3.63, 3.8) is 0 Å². The van der Waals surface area contributed by atoms with Gasteiger partial charge in [0.25, 0.3) is 5.91 Å². The lowest BCUT2D eigenvalue weighted by atomic mass is 9.89. The molecule has 4 fully saturated rings. The minimum absolute atomic E-state index is 0.00533. The number of amides is 9. The number of hydrogen-bond acceptors (Lipinski definition) is 16. The molecular formula is C63H102N10O14S. The van der Waals surface area contributed by atoms with Crippen LogP contribution in [0.5, 0.6) is 0 Å². The van der Waals surface area contributed by atoms with Crippen LogP contribution in [0.15, 0.2) is 30.3 Å². The van der Waals surface area contributed by atoms with Gasteiger partial charge in [-0.05, 0) is 94.7 Å². The maximum Gasteiger partial charge on any atom is 0.321 e. The molecule has 12 atom stereocenters. The summed E-state index contributed by atoms with van der Waals surface area (Å²) in [7, 11) is 6.64. The Bertz CT molecular complexity index is 2520. The Morgan fingerprint density at radius 2 is 1.50 bits per heavy atom. The smallest absolute Gasteiger partial charge is 0.321 e. The predicted molar refractivity (Wildman–Crippen MR) is 332 cm³/mol. The average Bonchev–Trinajstić information content (AvgIpc) is 1.63. The molecule has 0 aromatic heterocycles. The molecule has 1 aromatic rings. The van der Waals surface area contributed by atoms with Gasteiger partial charge < -0.3 is 40.7 Å². The largest absolute Gasteiger partial charge is 0.480 e.